The van der Waals surface area contributed by atoms with Crippen LogP contribution in [0.15, 0.2) is 89.8 Å². The monoisotopic (exact) mass is 591 g/mol. The number of nitrogens with zero attached hydrogens (tertiary/aromatic N) is 2. The van der Waals surface area contributed by atoms with Crippen molar-refractivity contribution in [2.75, 3.05) is 24.0 Å². The van der Waals surface area contributed by atoms with Crippen molar-refractivity contribution in [3.05, 3.63) is 90.5 Å². The van der Waals surface area contributed by atoms with Gasteiger partial charge >= 0.3 is 0 Å². The molecule has 3 aromatic rings. The Labute approximate surface area is 249 Å². The van der Waals surface area contributed by atoms with Gasteiger partial charge in [0.1, 0.15) is 18.3 Å². The van der Waals surface area contributed by atoms with E-state index in [-0.39, 0.29) is 29.1 Å². The molecule has 2 amide bonds. The highest BCUT2D eigenvalue weighted by Crippen LogP contribution is 2.32. The Morgan fingerprint density at radius 3 is 2.19 bits per heavy atom. The van der Waals surface area contributed by atoms with E-state index in [0.717, 1.165) is 35.6 Å². The number of anilines is 1. The smallest absolute Gasteiger partial charge is 0.264 e. The summed E-state index contributed by atoms with van der Waals surface area (Å²) >= 11 is 0. The molecule has 0 heterocycles. The van der Waals surface area contributed by atoms with Crippen molar-refractivity contribution >= 4 is 27.5 Å². The maximum Gasteiger partial charge on any atom is 0.264 e. The van der Waals surface area contributed by atoms with Gasteiger partial charge in [-0.05, 0) is 62.9 Å². The molecular weight excluding hydrogens is 550 g/mol. The van der Waals surface area contributed by atoms with Crippen LogP contribution in [0.1, 0.15) is 51.5 Å². The van der Waals surface area contributed by atoms with Crippen LogP contribution in [0.4, 0.5) is 5.69 Å². The highest BCUT2D eigenvalue weighted by Gasteiger charge is 2.34. The van der Waals surface area contributed by atoms with Crippen LogP contribution >= 0.6 is 0 Å². The van der Waals surface area contributed by atoms with Gasteiger partial charge in [0, 0.05) is 12.6 Å². The lowest BCUT2D eigenvalue weighted by molar-refractivity contribution is -0.139. The largest absolute Gasteiger partial charge is 0.492 e. The van der Waals surface area contributed by atoms with Crippen molar-refractivity contribution < 1.29 is 22.7 Å². The van der Waals surface area contributed by atoms with E-state index in [1.54, 1.807) is 49.4 Å². The Kier molecular flexibility index (Phi) is 11.0. The molecule has 0 unspecified atom stereocenters. The van der Waals surface area contributed by atoms with E-state index in [1.165, 1.54) is 23.5 Å². The van der Waals surface area contributed by atoms with Gasteiger partial charge in [0.2, 0.25) is 11.8 Å². The van der Waals surface area contributed by atoms with Crippen LogP contribution in [0.3, 0.4) is 0 Å². The zero-order chi connectivity index (χ0) is 30.0. The van der Waals surface area contributed by atoms with Crippen LogP contribution in [-0.4, -0.2) is 56.9 Å². The lowest BCUT2D eigenvalue weighted by atomic mass is 9.95. The third kappa shape index (κ3) is 7.91. The topological polar surface area (TPSA) is 96.0 Å². The molecule has 1 saturated carbocycles. The quantitative estimate of drug-likeness (QED) is 0.295. The van der Waals surface area contributed by atoms with Crippen LogP contribution in [0, 0.1) is 0 Å². The number of amides is 2. The second-order valence-corrected chi connectivity index (χ2v) is 12.4. The molecule has 0 bridgehead atoms. The van der Waals surface area contributed by atoms with Gasteiger partial charge in [-0.15, -0.1) is 0 Å². The van der Waals surface area contributed by atoms with Crippen LogP contribution in [0.25, 0.3) is 0 Å². The Morgan fingerprint density at radius 2 is 1.52 bits per heavy atom. The molecule has 1 atom stereocenters. The summed E-state index contributed by atoms with van der Waals surface area (Å²) in [4.78, 5) is 29.1. The molecule has 0 saturated heterocycles. The molecule has 0 aromatic heterocycles. The molecule has 0 radical (unpaired) electrons. The predicted octanol–water partition coefficient (Wildman–Crippen LogP) is 5.19. The Bertz CT molecular complexity index is 1410. The molecule has 0 spiro atoms. The number of rotatable bonds is 13. The molecule has 1 aliphatic carbocycles. The van der Waals surface area contributed by atoms with E-state index in [1.807, 2.05) is 37.3 Å². The highest BCUT2D eigenvalue weighted by atomic mass is 32.2. The summed E-state index contributed by atoms with van der Waals surface area (Å²) in [5.41, 5.74) is 1.28. The van der Waals surface area contributed by atoms with Crippen LogP contribution in [0.2, 0.25) is 0 Å². The minimum absolute atomic E-state index is 0.0584. The zero-order valence-corrected chi connectivity index (χ0v) is 25.3. The SMILES string of the molecule is CCOc1ccccc1N(CC(=O)N(CCc1ccccc1)[C@H](C)C(=O)NC1CCCCC1)S(=O)(=O)c1ccccc1. The standard InChI is InChI=1S/C33H41N3O5S/c1-3-41-31-22-14-13-21-30(31)36(42(39,40)29-19-11-6-12-20-29)25-32(37)35(24-23-27-15-7-4-8-16-27)26(2)33(38)34-28-17-9-5-10-18-28/h4,6-8,11-16,19-22,26,28H,3,5,9-10,17-18,23-25H2,1-2H3,(H,34,38)/t26-/m1/s1. The third-order valence-corrected chi connectivity index (χ3v) is 9.42. The molecule has 1 aliphatic rings. The van der Waals surface area contributed by atoms with E-state index in [4.69, 9.17) is 4.74 Å². The molecule has 4 rings (SSSR count). The second-order valence-electron chi connectivity index (χ2n) is 10.6. The van der Waals surface area contributed by atoms with Crippen molar-refractivity contribution in [2.24, 2.45) is 0 Å². The number of hydrogen-bond donors (Lipinski definition) is 1. The summed E-state index contributed by atoms with van der Waals surface area (Å²) in [6.45, 7) is 3.62. The maximum atomic E-state index is 14.1. The molecule has 1 N–H and O–H groups in total. The first-order valence-electron chi connectivity index (χ1n) is 14.7. The number of benzene rings is 3. The van der Waals surface area contributed by atoms with Gasteiger partial charge in [0.05, 0.1) is 17.2 Å². The first-order valence-corrected chi connectivity index (χ1v) is 16.2. The minimum atomic E-state index is -4.15. The number of carbonyl (C=O) groups excluding carboxylic acids is 2. The van der Waals surface area contributed by atoms with Crippen molar-refractivity contribution in [3.8, 4) is 5.75 Å². The maximum absolute atomic E-state index is 14.1. The fourth-order valence-corrected chi connectivity index (χ4v) is 6.76. The second kappa shape index (κ2) is 14.9. The summed E-state index contributed by atoms with van der Waals surface area (Å²) in [6, 6.07) is 23.9. The number of sulfonamides is 1. The van der Waals surface area contributed by atoms with Gasteiger partial charge in [-0.1, -0.05) is 79.9 Å². The third-order valence-electron chi connectivity index (χ3n) is 7.65. The number of para-hydroxylation sites is 2. The lowest BCUT2D eigenvalue weighted by Gasteiger charge is -2.33. The molecule has 8 nitrogen and oxygen atoms in total. The van der Waals surface area contributed by atoms with E-state index in [9.17, 15) is 18.0 Å². The first-order chi connectivity index (χ1) is 20.3. The van der Waals surface area contributed by atoms with Gasteiger partial charge in [0.25, 0.3) is 10.0 Å². The van der Waals surface area contributed by atoms with Gasteiger partial charge in [-0.3, -0.25) is 13.9 Å². The van der Waals surface area contributed by atoms with Gasteiger partial charge < -0.3 is 15.0 Å². The van der Waals surface area contributed by atoms with Gasteiger partial charge in [0.15, 0.2) is 0 Å². The Balaban J connectivity index is 1.66. The summed E-state index contributed by atoms with van der Waals surface area (Å²) in [7, 11) is -4.15. The molecule has 9 heteroatoms. The molecule has 224 valence electrons. The number of hydrogen-bond acceptors (Lipinski definition) is 5. The summed E-state index contributed by atoms with van der Waals surface area (Å²) in [5.74, 6) is -0.343. The average molecular weight is 592 g/mol. The van der Waals surface area contributed by atoms with E-state index in [2.05, 4.69) is 5.32 Å². The van der Waals surface area contributed by atoms with Gasteiger partial charge in [-0.25, -0.2) is 8.42 Å². The van der Waals surface area contributed by atoms with Crippen molar-refractivity contribution in [2.45, 2.75) is 69.4 Å². The molecule has 3 aromatic carbocycles. The Hall–Kier alpha value is -3.85. The lowest BCUT2D eigenvalue weighted by Crippen LogP contribution is -2.53. The summed E-state index contributed by atoms with van der Waals surface area (Å²) < 4.78 is 34.9. The van der Waals surface area contributed by atoms with Crippen molar-refractivity contribution in [3.63, 3.8) is 0 Å². The van der Waals surface area contributed by atoms with Crippen LogP contribution in [-0.2, 0) is 26.0 Å². The van der Waals surface area contributed by atoms with Crippen LogP contribution < -0.4 is 14.4 Å². The molecule has 42 heavy (non-hydrogen) atoms. The molecule has 0 aliphatic heterocycles. The fraction of sp³-hybridized carbons (Fsp3) is 0.394. The van der Waals surface area contributed by atoms with E-state index in [0.29, 0.717) is 18.8 Å². The fourth-order valence-electron chi connectivity index (χ4n) is 5.31. The average Bonchev–Trinajstić information content (AvgIpc) is 3.02. The molecule has 1 fully saturated rings. The number of nitrogens with one attached hydrogen (secondary N) is 1. The number of carbonyl (C=O) groups is 2. The summed E-state index contributed by atoms with van der Waals surface area (Å²) in [5, 5.41) is 3.13. The zero-order valence-electron chi connectivity index (χ0n) is 24.4. The normalized spacial score (nSPS) is 14.5. The minimum Gasteiger partial charge on any atom is -0.492 e. The van der Waals surface area contributed by atoms with E-state index >= 15 is 0 Å². The predicted molar refractivity (Wildman–Crippen MR) is 165 cm³/mol. The van der Waals surface area contributed by atoms with E-state index < -0.39 is 28.5 Å². The first kappa shape index (κ1) is 31.1. The van der Waals surface area contributed by atoms with Gasteiger partial charge in [-0.2, -0.15) is 0 Å². The highest BCUT2D eigenvalue weighted by molar-refractivity contribution is 7.92. The Morgan fingerprint density at radius 1 is 0.905 bits per heavy atom. The summed E-state index contributed by atoms with van der Waals surface area (Å²) in [6.07, 6.45) is 5.68. The van der Waals surface area contributed by atoms with Crippen molar-refractivity contribution in [1.29, 1.82) is 0 Å². The molecular formula is C33H41N3O5S. The van der Waals surface area contributed by atoms with Crippen LogP contribution in [0.5, 0.6) is 5.75 Å². The number of ether oxygens (including phenoxy) is 1. The van der Waals surface area contributed by atoms with Crippen molar-refractivity contribution in [1.82, 2.24) is 10.2 Å².